The van der Waals surface area contributed by atoms with Gasteiger partial charge in [-0.3, -0.25) is 34.3 Å². The van der Waals surface area contributed by atoms with Crippen molar-refractivity contribution in [2.75, 3.05) is 23.8 Å². The average molecular weight is 629 g/mol. The molecule has 0 aliphatic rings. The molecule has 2 aromatic carbocycles. The largest absolute Gasteiger partial charge is 0.481 e. The van der Waals surface area contributed by atoms with Gasteiger partial charge in [0.15, 0.2) is 0 Å². The van der Waals surface area contributed by atoms with E-state index in [1.165, 1.54) is 19.2 Å². The molecule has 16 heteroatoms. The van der Waals surface area contributed by atoms with Crippen LogP contribution in [0.2, 0.25) is 0 Å². The van der Waals surface area contributed by atoms with Gasteiger partial charge in [0.25, 0.3) is 11.5 Å². The Morgan fingerprint density at radius 3 is 2.33 bits per heavy atom. The van der Waals surface area contributed by atoms with Gasteiger partial charge in [0.1, 0.15) is 17.9 Å². The fourth-order valence-corrected chi connectivity index (χ4v) is 4.50. The Kier molecular flexibility index (Phi) is 11.3. The van der Waals surface area contributed by atoms with Crippen molar-refractivity contribution in [1.82, 2.24) is 14.9 Å². The number of H-pyrrole nitrogens is 1. The third-order valence-electron chi connectivity index (χ3n) is 7.04. The van der Waals surface area contributed by atoms with Gasteiger partial charge in [-0.15, -0.1) is 0 Å². The van der Waals surface area contributed by atoms with Crippen LogP contribution in [0.15, 0.2) is 41.2 Å². The summed E-state index contributed by atoms with van der Waals surface area (Å²) in [6, 6.07) is 6.05. The Morgan fingerprint density at radius 1 is 1.02 bits per heavy atom. The Labute approximate surface area is 255 Å². The lowest BCUT2D eigenvalue weighted by molar-refractivity contribution is -0.143. The third-order valence-corrected chi connectivity index (χ3v) is 7.04. The van der Waals surface area contributed by atoms with Gasteiger partial charge in [0.05, 0.1) is 16.5 Å². The van der Waals surface area contributed by atoms with E-state index in [2.05, 4.69) is 15.3 Å². The number of rotatable bonds is 15. The minimum Gasteiger partial charge on any atom is -0.481 e. The highest BCUT2D eigenvalue weighted by atomic mass is 19.1. The number of nitrogens with two attached hydrogens (primary N) is 1. The molecule has 0 bridgehead atoms. The first-order chi connectivity index (χ1) is 21.2. The molecule has 7 N–H and O–H groups in total. The van der Waals surface area contributed by atoms with Crippen molar-refractivity contribution >= 4 is 52.3 Å². The zero-order chi connectivity index (χ0) is 33.4. The highest BCUT2D eigenvalue weighted by molar-refractivity contribution is 5.97. The third kappa shape index (κ3) is 8.82. The van der Waals surface area contributed by atoms with Gasteiger partial charge in [0, 0.05) is 38.7 Å². The predicted molar refractivity (Wildman–Crippen MR) is 159 cm³/mol. The monoisotopic (exact) mass is 628 g/mol. The van der Waals surface area contributed by atoms with Crippen LogP contribution in [0, 0.1) is 5.82 Å². The Bertz CT molecular complexity index is 1680. The number of benzene rings is 2. The van der Waals surface area contributed by atoms with Crippen LogP contribution in [0.25, 0.3) is 10.9 Å². The number of aliphatic carboxylic acids is 3. The smallest absolute Gasteiger partial charge is 0.326 e. The molecule has 0 fully saturated rings. The van der Waals surface area contributed by atoms with Crippen LogP contribution in [0.1, 0.15) is 48.5 Å². The van der Waals surface area contributed by atoms with E-state index in [1.54, 1.807) is 23.1 Å². The van der Waals surface area contributed by atoms with Gasteiger partial charge in [-0.25, -0.2) is 14.2 Å². The number of fused-ring (bicyclic) bond motifs is 1. The fourth-order valence-electron chi connectivity index (χ4n) is 4.50. The van der Waals surface area contributed by atoms with E-state index in [-0.39, 0.29) is 48.2 Å². The highest BCUT2D eigenvalue weighted by Crippen LogP contribution is 2.23. The van der Waals surface area contributed by atoms with Gasteiger partial charge >= 0.3 is 17.9 Å². The van der Waals surface area contributed by atoms with Crippen molar-refractivity contribution in [3.8, 4) is 0 Å². The minimum absolute atomic E-state index is 0.101. The van der Waals surface area contributed by atoms with E-state index in [4.69, 9.17) is 15.9 Å². The number of likely N-dealkylation sites (N-methyl/N-ethyl adjacent to an activating group) is 1. The Hall–Kier alpha value is -5.38. The van der Waals surface area contributed by atoms with Crippen molar-refractivity contribution in [3.05, 3.63) is 63.7 Å². The summed E-state index contributed by atoms with van der Waals surface area (Å²) < 4.78 is 15.2. The maximum absolute atomic E-state index is 15.2. The first kappa shape index (κ1) is 34.1. The lowest BCUT2D eigenvalue weighted by atomic mass is 10.1. The number of nitrogens with one attached hydrogen (secondary N) is 2. The van der Waals surface area contributed by atoms with Crippen LogP contribution in [0.5, 0.6) is 0 Å². The SMILES string of the molecule is CCN(Cc1ccc2nc(NC(=O)CC[C@H](N)C(=O)O)[nH]c(=O)c2c1)c1ccc(C(=O)N(C)[C@@H](CCC(=O)O)C(=O)O)c(F)c1. The molecule has 0 spiro atoms. The molecule has 2 amide bonds. The van der Waals surface area contributed by atoms with Crippen molar-refractivity contribution in [1.29, 1.82) is 0 Å². The minimum atomic E-state index is -1.46. The molecule has 0 saturated heterocycles. The van der Waals surface area contributed by atoms with Crippen molar-refractivity contribution in [2.24, 2.45) is 5.73 Å². The number of carboxylic acids is 3. The quantitative estimate of drug-likeness (QED) is 0.141. The number of carbonyl (C=O) groups excluding carboxylic acids is 2. The number of amides is 2. The number of carboxylic acid groups (broad SMARTS) is 3. The molecular formula is C29H33FN6O9. The number of anilines is 2. The number of carbonyl (C=O) groups is 5. The molecule has 1 heterocycles. The topological polar surface area (TPSA) is 236 Å². The van der Waals surface area contributed by atoms with Crippen LogP contribution >= 0.6 is 0 Å². The molecule has 45 heavy (non-hydrogen) atoms. The van der Waals surface area contributed by atoms with E-state index in [1.807, 2.05) is 6.92 Å². The summed E-state index contributed by atoms with van der Waals surface area (Å²) in [7, 11) is 1.17. The Morgan fingerprint density at radius 2 is 1.73 bits per heavy atom. The van der Waals surface area contributed by atoms with E-state index in [0.717, 1.165) is 11.0 Å². The molecule has 240 valence electrons. The number of halogens is 1. The summed E-state index contributed by atoms with van der Waals surface area (Å²) in [6.07, 6.45) is -1.12. The highest BCUT2D eigenvalue weighted by Gasteiger charge is 2.29. The standard InChI is InChI=1S/C29H33FN6O9/c1-3-36(16-5-6-17(19(30)13-16)26(41)35(2)22(28(44)45)9-11-24(38)39)14-15-4-8-21-18(12-15)25(40)34-29(32-21)33-23(37)10-7-20(31)27(42)43/h4-6,8,12-13,20,22H,3,7,9-11,14,31H2,1-2H3,(H,38,39)(H,42,43)(H,44,45)(H2,32,33,34,37,40)/t20-,22-/m0/s1. The maximum Gasteiger partial charge on any atom is 0.326 e. The van der Waals surface area contributed by atoms with Crippen LogP contribution in [-0.4, -0.2) is 85.6 Å². The molecule has 0 saturated carbocycles. The van der Waals surface area contributed by atoms with Gasteiger partial charge < -0.3 is 30.9 Å². The van der Waals surface area contributed by atoms with Crippen molar-refractivity contribution < 1.29 is 43.7 Å². The molecule has 0 unspecified atom stereocenters. The molecule has 0 aliphatic heterocycles. The van der Waals surface area contributed by atoms with E-state index in [0.29, 0.717) is 17.8 Å². The summed E-state index contributed by atoms with van der Waals surface area (Å²) >= 11 is 0. The number of aromatic amines is 1. The molecule has 3 aromatic rings. The number of hydrogen-bond donors (Lipinski definition) is 6. The van der Waals surface area contributed by atoms with E-state index >= 15 is 4.39 Å². The summed E-state index contributed by atoms with van der Waals surface area (Å²) in [5, 5.41) is 29.8. The Balaban J connectivity index is 1.75. The molecule has 0 radical (unpaired) electrons. The van der Waals surface area contributed by atoms with Gasteiger partial charge in [-0.1, -0.05) is 6.07 Å². The predicted octanol–water partition coefficient (Wildman–Crippen LogP) is 1.61. The van der Waals surface area contributed by atoms with Crippen LogP contribution in [0.4, 0.5) is 16.0 Å². The molecule has 2 atom stereocenters. The summed E-state index contributed by atoms with van der Waals surface area (Å²) in [5.41, 5.74) is 5.84. The molecule has 1 aromatic heterocycles. The number of nitrogens with zero attached hydrogens (tertiary/aromatic N) is 3. The van der Waals surface area contributed by atoms with Crippen LogP contribution in [-0.2, 0) is 25.7 Å². The zero-order valence-electron chi connectivity index (χ0n) is 24.4. The van der Waals surface area contributed by atoms with Crippen LogP contribution in [0.3, 0.4) is 0 Å². The van der Waals surface area contributed by atoms with Crippen molar-refractivity contribution in [2.45, 2.75) is 51.2 Å². The maximum atomic E-state index is 15.2. The second-order valence-electron chi connectivity index (χ2n) is 10.2. The van der Waals surface area contributed by atoms with Crippen molar-refractivity contribution in [3.63, 3.8) is 0 Å². The lowest BCUT2D eigenvalue weighted by Crippen LogP contribution is -2.43. The number of hydrogen-bond acceptors (Lipinski definition) is 9. The molecule has 3 rings (SSSR count). The number of aromatic nitrogens is 2. The second-order valence-corrected chi connectivity index (χ2v) is 10.2. The zero-order valence-corrected chi connectivity index (χ0v) is 24.4. The lowest BCUT2D eigenvalue weighted by Gasteiger charge is -2.26. The van der Waals surface area contributed by atoms with E-state index in [9.17, 15) is 33.9 Å². The first-order valence-corrected chi connectivity index (χ1v) is 13.8. The fraction of sp³-hybridized carbons (Fsp3) is 0.345. The van der Waals surface area contributed by atoms with Gasteiger partial charge in [-0.2, -0.15) is 0 Å². The summed E-state index contributed by atoms with van der Waals surface area (Å²) in [5.74, 6) is -6.38. The molecule has 0 aliphatic carbocycles. The second kappa shape index (κ2) is 14.9. The normalized spacial score (nSPS) is 12.3. The van der Waals surface area contributed by atoms with Crippen LogP contribution < -0.4 is 21.5 Å². The average Bonchev–Trinajstić information content (AvgIpc) is 2.98. The molecular weight excluding hydrogens is 595 g/mol. The first-order valence-electron chi connectivity index (χ1n) is 13.8. The van der Waals surface area contributed by atoms with Gasteiger partial charge in [0.2, 0.25) is 11.9 Å². The summed E-state index contributed by atoms with van der Waals surface area (Å²) in [6.45, 7) is 2.46. The molecule has 15 nitrogen and oxygen atoms in total. The summed E-state index contributed by atoms with van der Waals surface area (Å²) in [4.78, 5) is 80.4. The van der Waals surface area contributed by atoms with Gasteiger partial charge in [-0.05, 0) is 55.7 Å². The van der Waals surface area contributed by atoms with E-state index < -0.39 is 59.6 Å².